The first kappa shape index (κ1) is 25.3. The molecule has 4 nitrogen and oxygen atoms in total. The van der Waals surface area contributed by atoms with Crippen molar-refractivity contribution in [3.05, 3.63) is 59.3 Å². The van der Waals surface area contributed by atoms with Crippen molar-refractivity contribution in [2.24, 2.45) is 0 Å². The number of nitrogens with one attached hydrogen (secondary N) is 1. The van der Waals surface area contributed by atoms with Crippen molar-refractivity contribution < 1.29 is 30.9 Å². The van der Waals surface area contributed by atoms with Crippen molar-refractivity contribution in [3.8, 4) is 22.7 Å². The fourth-order valence-electron chi connectivity index (χ4n) is 3.33. The number of imidazole rings is 1. The molecule has 4 rings (SSSR count). The zero-order valence-corrected chi connectivity index (χ0v) is 17.1. The Balaban J connectivity index is 0.00000306. The van der Waals surface area contributed by atoms with Gasteiger partial charge in [-0.3, -0.25) is 0 Å². The summed E-state index contributed by atoms with van der Waals surface area (Å²) in [6.07, 6.45) is -9.56. The van der Waals surface area contributed by atoms with Crippen LogP contribution in [0.15, 0.2) is 47.0 Å². The van der Waals surface area contributed by atoms with E-state index < -0.39 is 23.5 Å². The predicted octanol–water partition coefficient (Wildman–Crippen LogP) is 6.57. The molecule has 0 fully saturated rings. The van der Waals surface area contributed by atoms with Gasteiger partial charge in [0.2, 0.25) is 5.76 Å². The van der Waals surface area contributed by atoms with Crippen LogP contribution in [0, 0.1) is 0 Å². The van der Waals surface area contributed by atoms with Crippen LogP contribution in [0.3, 0.4) is 0 Å². The minimum atomic E-state index is -4.83. The third kappa shape index (κ3) is 4.97. The second-order valence-electron chi connectivity index (χ2n) is 8.37. The van der Waals surface area contributed by atoms with E-state index in [1.165, 1.54) is 18.2 Å². The molecule has 33 heavy (non-hydrogen) atoms. The Morgan fingerprint density at radius 1 is 0.848 bits per heavy atom. The molecule has 0 saturated carbocycles. The third-order valence-electron chi connectivity index (χ3n) is 4.95. The van der Waals surface area contributed by atoms with E-state index in [2.05, 4.69) is 15.1 Å². The first-order chi connectivity index (χ1) is 14.7. The van der Waals surface area contributed by atoms with Crippen LogP contribution in [0.4, 0.5) is 26.3 Å². The minimum absolute atomic E-state index is 0. The van der Waals surface area contributed by atoms with Gasteiger partial charge >= 0.3 is 41.9 Å². The first-order valence-electron chi connectivity index (χ1n) is 9.50. The van der Waals surface area contributed by atoms with Crippen molar-refractivity contribution in [2.75, 3.05) is 0 Å². The zero-order chi connectivity index (χ0) is 23.5. The normalized spacial score (nSPS) is 12.8. The number of rotatable bonds is 2. The van der Waals surface area contributed by atoms with Gasteiger partial charge in [-0.25, -0.2) is 4.98 Å². The van der Waals surface area contributed by atoms with Crippen molar-refractivity contribution in [3.63, 3.8) is 0 Å². The number of aromatic amines is 1. The van der Waals surface area contributed by atoms with Gasteiger partial charge in [-0.15, -0.1) is 0 Å². The van der Waals surface area contributed by atoms with Crippen molar-refractivity contribution in [1.29, 1.82) is 0 Å². The molecule has 2 aromatic carbocycles. The van der Waals surface area contributed by atoms with Gasteiger partial charge < -0.3 is 9.51 Å². The molecule has 0 aliphatic rings. The van der Waals surface area contributed by atoms with Crippen LogP contribution in [-0.2, 0) is 17.8 Å². The van der Waals surface area contributed by atoms with Gasteiger partial charge in [0, 0.05) is 11.5 Å². The average Bonchev–Trinajstić information content (AvgIpc) is 3.32. The van der Waals surface area contributed by atoms with E-state index in [1.54, 1.807) is 6.07 Å². The molecule has 0 radical (unpaired) electrons. The summed E-state index contributed by atoms with van der Waals surface area (Å²) in [5.74, 6) is 0.117. The van der Waals surface area contributed by atoms with Crippen LogP contribution in [0.1, 0.15) is 37.6 Å². The van der Waals surface area contributed by atoms with E-state index in [4.69, 9.17) is 4.52 Å². The maximum absolute atomic E-state index is 13.8. The summed E-state index contributed by atoms with van der Waals surface area (Å²) < 4.78 is 87.0. The summed E-state index contributed by atoms with van der Waals surface area (Å²) >= 11 is 0. The van der Waals surface area contributed by atoms with E-state index in [0.717, 1.165) is 12.1 Å². The fourth-order valence-corrected chi connectivity index (χ4v) is 3.33. The third-order valence-corrected chi connectivity index (χ3v) is 4.95. The number of hydrogen-bond acceptors (Lipinski definition) is 3. The number of fused-ring (bicyclic) bond motifs is 1. The van der Waals surface area contributed by atoms with E-state index in [1.807, 2.05) is 20.8 Å². The maximum atomic E-state index is 13.8. The molecular formula is C22H18F6N3NaO. The predicted molar refractivity (Wildman–Crippen MR) is 113 cm³/mol. The Bertz CT molecular complexity index is 1300. The Morgan fingerprint density at radius 3 is 2.06 bits per heavy atom. The Morgan fingerprint density at radius 2 is 1.48 bits per heavy atom. The summed E-state index contributed by atoms with van der Waals surface area (Å²) in [7, 11) is 0. The van der Waals surface area contributed by atoms with Crippen molar-refractivity contribution >= 4 is 40.6 Å². The number of nitrogens with zero attached hydrogens (tertiary/aromatic N) is 2. The van der Waals surface area contributed by atoms with Crippen molar-refractivity contribution in [2.45, 2.75) is 38.5 Å². The van der Waals surface area contributed by atoms with Crippen LogP contribution < -0.4 is 0 Å². The van der Waals surface area contributed by atoms with E-state index >= 15 is 0 Å². The SMILES string of the molecule is CC(C)(C)c1cc(-c2nc3cc(-c4ccccc4C(F)(F)F)cc(C(F)(F)F)c3[nH]2)on1.[NaH]. The molecule has 0 amide bonds. The Labute approximate surface area is 206 Å². The second kappa shape index (κ2) is 8.48. The number of H-pyrrole nitrogens is 1. The summed E-state index contributed by atoms with van der Waals surface area (Å²) in [6.45, 7) is 5.66. The number of alkyl halides is 6. The molecule has 1 N–H and O–H groups in total. The Kier molecular flexibility index (Phi) is 6.51. The molecule has 11 heteroatoms. The van der Waals surface area contributed by atoms with Gasteiger partial charge in [-0.2, -0.15) is 26.3 Å². The number of benzene rings is 2. The van der Waals surface area contributed by atoms with Crippen LogP contribution in [0.5, 0.6) is 0 Å². The van der Waals surface area contributed by atoms with Gasteiger partial charge in [0.1, 0.15) is 0 Å². The van der Waals surface area contributed by atoms with Crippen LogP contribution in [0.2, 0.25) is 0 Å². The van der Waals surface area contributed by atoms with E-state index in [-0.39, 0.29) is 68.7 Å². The standard InChI is InChI=1S/C22H17F6N3O.Na.H/c1-20(2,3)17-10-16(32-31-17)19-29-15-9-11(8-14(18(15)30-19)22(26,27)28)12-6-4-5-7-13(12)21(23,24)25;;/h4-10H,1-3H3,(H,29,30);;. The molecule has 0 bridgehead atoms. The monoisotopic (exact) mass is 477 g/mol. The molecule has 4 aromatic rings. The average molecular weight is 477 g/mol. The van der Waals surface area contributed by atoms with E-state index in [0.29, 0.717) is 11.8 Å². The molecule has 0 atom stereocenters. The molecule has 170 valence electrons. The van der Waals surface area contributed by atoms with Crippen LogP contribution in [-0.4, -0.2) is 44.7 Å². The molecule has 0 spiro atoms. The van der Waals surface area contributed by atoms with E-state index in [9.17, 15) is 26.3 Å². The van der Waals surface area contributed by atoms with Gasteiger partial charge in [-0.05, 0) is 29.3 Å². The molecular weight excluding hydrogens is 459 g/mol. The van der Waals surface area contributed by atoms with Crippen LogP contribution in [0.25, 0.3) is 33.7 Å². The van der Waals surface area contributed by atoms with Gasteiger partial charge in [0.05, 0.1) is 27.9 Å². The van der Waals surface area contributed by atoms with Crippen molar-refractivity contribution in [1.82, 2.24) is 15.1 Å². The summed E-state index contributed by atoms with van der Waals surface area (Å²) in [5.41, 5.74) is -3.06. The zero-order valence-electron chi connectivity index (χ0n) is 17.1. The molecule has 2 heterocycles. The van der Waals surface area contributed by atoms with Gasteiger partial charge in [0.15, 0.2) is 5.82 Å². The van der Waals surface area contributed by atoms with Gasteiger partial charge in [0.25, 0.3) is 0 Å². The topological polar surface area (TPSA) is 54.7 Å². The summed E-state index contributed by atoms with van der Waals surface area (Å²) in [5, 5.41) is 3.93. The van der Waals surface area contributed by atoms with Crippen LogP contribution >= 0.6 is 0 Å². The number of aromatic nitrogens is 3. The molecule has 0 saturated heterocycles. The number of hydrogen-bond donors (Lipinski definition) is 1. The number of halogens is 6. The molecule has 2 aromatic heterocycles. The first-order valence-corrected chi connectivity index (χ1v) is 9.50. The molecule has 0 aliphatic carbocycles. The molecule has 0 aliphatic heterocycles. The Hall–Kier alpha value is -2.30. The summed E-state index contributed by atoms with van der Waals surface area (Å²) in [4.78, 5) is 6.75. The molecule has 0 unspecified atom stereocenters. The fraction of sp³-hybridized carbons (Fsp3) is 0.273. The summed E-state index contributed by atoms with van der Waals surface area (Å²) in [6, 6.07) is 7.91. The quantitative estimate of drug-likeness (QED) is 0.262. The van der Waals surface area contributed by atoms with Gasteiger partial charge in [-0.1, -0.05) is 44.1 Å². The second-order valence-corrected chi connectivity index (χ2v) is 8.37.